The molecule has 0 aliphatic carbocycles. The molecule has 4 rings (SSSR count). The van der Waals surface area contributed by atoms with Crippen molar-refractivity contribution in [3.05, 3.63) is 77.9 Å². The van der Waals surface area contributed by atoms with E-state index in [2.05, 4.69) is 4.72 Å². The van der Waals surface area contributed by atoms with Crippen LogP contribution in [0.15, 0.2) is 75.2 Å². The van der Waals surface area contributed by atoms with E-state index >= 15 is 0 Å². The molecule has 2 aromatic carbocycles. The number of aromatic nitrogens is 1. The quantitative estimate of drug-likeness (QED) is 0.487. The fourth-order valence-corrected chi connectivity index (χ4v) is 5.60. The maximum atomic E-state index is 14.2. The Morgan fingerprint density at radius 1 is 1.06 bits per heavy atom. The molecule has 0 atom stereocenters. The third-order valence-electron chi connectivity index (χ3n) is 4.55. The zero-order chi connectivity index (χ0) is 22.4. The molecule has 31 heavy (non-hydrogen) atoms. The monoisotopic (exact) mass is 459 g/mol. The summed E-state index contributed by atoms with van der Waals surface area (Å²) in [4.78, 5) is -0.516. The Labute approximate surface area is 177 Å². The third kappa shape index (κ3) is 3.56. The van der Waals surface area contributed by atoms with Crippen LogP contribution in [-0.2, 0) is 20.0 Å². The van der Waals surface area contributed by atoms with Gasteiger partial charge in [-0.05, 0) is 37.3 Å². The molecule has 0 spiro atoms. The lowest BCUT2D eigenvalue weighted by molar-refractivity contribution is 0.587. The van der Waals surface area contributed by atoms with Crippen LogP contribution in [0.3, 0.4) is 0 Å². The summed E-state index contributed by atoms with van der Waals surface area (Å²) < 4.78 is 74.3. The Morgan fingerprint density at radius 2 is 1.77 bits per heavy atom. The highest BCUT2D eigenvalue weighted by molar-refractivity contribution is 7.93. The van der Waals surface area contributed by atoms with Gasteiger partial charge in [0.2, 0.25) is 0 Å². The summed E-state index contributed by atoms with van der Waals surface area (Å²) in [5, 5.41) is 8.82. The number of anilines is 1. The second kappa shape index (κ2) is 7.26. The van der Waals surface area contributed by atoms with E-state index in [4.69, 9.17) is 9.68 Å². The van der Waals surface area contributed by atoms with Gasteiger partial charge in [0, 0.05) is 12.3 Å². The predicted molar refractivity (Wildman–Crippen MR) is 110 cm³/mol. The Balaban J connectivity index is 1.82. The fourth-order valence-electron chi connectivity index (χ4n) is 2.98. The number of aryl methyl sites for hydroxylation is 1. The highest BCUT2D eigenvalue weighted by Crippen LogP contribution is 2.31. The van der Waals surface area contributed by atoms with Crippen molar-refractivity contribution in [2.75, 3.05) is 4.72 Å². The molecule has 0 radical (unpaired) electrons. The summed E-state index contributed by atoms with van der Waals surface area (Å²) in [7, 11) is -8.56. The molecule has 0 fully saturated rings. The van der Waals surface area contributed by atoms with Crippen molar-refractivity contribution < 1.29 is 25.6 Å². The number of rotatable bonds is 5. The lowest BCUT2D eigenvalue weighted by atomic mass is 10.2. The number of benzene rings is 2. The van der Waals surface area contributed by atoms with Crippen molar-refractivity contribution >= 4 is 36.8 Å². The zero-order valence-corrected chi connectivity index (χ0v) is 17.5. The Morgan fingerprint density at radius 3 is 2.42 bits per heavy atom. The van der Waals surface area contributed by atoms with Gasteiger partial charge in [0.05, 0.1) is 28.5 Å². The maximum absolute atomic E-state index is 14.2. The molecule has 0 unspecified atom stereocenters. The SMILES string of the molecule is Cc1ccc(S(=O)(=O)n2cc(S(=O)(=O)Nc3ccc(C#N)cc3F)c3occc32)cc1. The van der Waals surface area contributed by atoms with Gasteiger partial charge in [-0.15, -0.1) is 0 Å². The van der Waals surface area contributed by atoms with Crippen LogP contribution in [0.2, 0.25) is 0 Å². The second-order valence-electron chi connectivity index (χ2n) is 6.65. The maximum Gasteiger partial charge on any atom is 0.268 e. The number of furan rings is 1. The zero-order valence-electron chi connectivity index (χ0n) is 15.9. The van der Waals surface area contributed by atoms with Gasteiger partial charge in [-0.3, -0.25) is 4.72 Å². The first-order valence-corrected chi connectivity index (χ1v) is 11.7. The molecule has 0 saturated carbocycles. The highest BCUT2D eigenvalue weighted by atomic mass is 32.2. The molecule has 1 N–H and O–H groups in total. The average molecular weight is 459 g/mol. The average Bonchev–Trinajstić information content (AvgIpc) is 3.32. The van der Waals surface area contributed by atoms with Crippen LogP contribution in [0.4, 0.5) is 10.1 Å². The first-order valence-electron chi connectivity index (χ1n) is 8.77. The Kier molecular flexibility index (Phi) is 4.83. The third-order valence-corrected chi connectivity index (χ3v) is 7.60. The molecule has 11 heteroatoms. The van der Waals surface area contributed by atoms with E-state index in [9.17, 15) is 21.2 Å². The first-order chi connectivity index (χ1) is 14.6. The normalized spacial score (nSPS) is 12.0. The molecule has 4 aromatic rings. The predicted octanol–water partition coefficient (Wildman–Crippen LogP) is 3.59. The molecule has 0 aliphatic heterocycles. The van der Waals surface area contributed by atoms with Crippen molar-refractivity contribution in [1.29, 1.82) is 5.26 Å². The van der Waals surface area contributed by atoms with E-state index < -0.39 is 36.4 Å². The van der Waals surface area contributed by atoms with Crippen LogP contribution >= 0.6 is 0 Å². The minimum Gasteiger partial charge on any atom is -0.461 e. The summed E-state index contributed by atoms with van der Waals surface area (Å²) in [6.45, 7) is 1.80. The second-order valence-corrected chi connectivity index (χ2v) is 10.1. The summed E-state index contributed by atoms with van der Waals surface area (Å²) in [6.07, 6.45) is 2.07. The Hall–Kier alpha value is -3.62. The molecular formula is C20H14FN3O5S2. The van der Waals surface area contributed by atoms with Crippen molar-refractivity contribution in [3.8, 4) is 6.07 Å². The van der Waals surface area contributed by atoms with E-state index in [1.807, 2.05) is 0 Å². The van der Waals surface area contributed by atoms with Crippen molar-refractivity contribution in [3.63, 3.8) is 0 Å². The molecule has 2 heterocycles. The fraction of sp³-hybridized carbons (Fsp3) is 0.0500. The molecular weight excluding hydrogens is 445 g/mol. The number of nitrogens with one attached hydrogen (secondary N) is 1. The lowest BCUT2D eigenvalue weighted by Gasteiger charge is -2.08. The molecule has 2 aromatic heterocycles. The van der Waals surface area contributed by atoms with Gasteiger partial charge >= 0.3 is 0 Å². The number of fused-ring (bicyclic) bond motifs is 1. The van der Waals surface area contributed by atoms with Crippen molar-refractivity contribution in [1.82, 2.24) is 3.97 Å². The van der Waals surface area contributed by atoms with E-state index in [0.717, 1.165) is 34.1 Å². The summed E-state index contributed by atoms with van der Waals surface area (Å²) in [5.74, 6) is -0.954. The summed E-state index contributed by atoms with van der Waals surface area (Å²) in [5.41, 5.74) is 0.298. The van der Waals surface area contributed by atoms with Crippen LogP contribution in [0.5, 0.6) is 0 Å². The minimum atomic E-state index is -4.43. The minimum absolute atomic E-state index is 0.0150. The van der Waals surface area contributed by atoms with Crippen LogP contribution in [-0.4, -0.2) is 20.8 Å². The van der Waals surface area contributed by atoms with Gasteiger partial charge < -0.3 is 4.42 Å². The van der Waals surface area contributed by atoms with Gasteiger partial charge in [-0.25, -0.2) is 25.2 Å². The highest BCUT2D eigenvalue weighted by Gasteiger charge is 2.29. The number of sulfonamides is 1. The largest absolute Gasteiger partial charge is 0.461 e. The molecule has 158 valence electrons. The van der Waals surface area contributed by atoms with Gasteiger partial charge in [-0.1, -0.05) is 17.7 Å². The number of nitrogens with zero attached hydrogens (tertiary/aromatic N) is 2. The van der Waals surface area contributed by atoms with E-state index in [0.29, 0.717) is 0 Å². The number of nitriles is 1. The standard InChI is InChI=1S/C20H14FN3O5S2/c1-13-2-5-15(6-3-13)31(27,28)24-12-19(20-18(24)8-9-29-20)30(25,26)23-17-7-4-14(11-22)10-16(17)21/h2-10,12,23H,1H3. The van der Waals surface area contributed by atoms with E-state index in [1.54, 1.807) is 25.1 Å². The topological polar surface area (TPSA) is 122 Å². The number of halogens is 1. The summed E-state index contributed by atoms with van der Waals surface area (Å²) in [6, 6.07) is 12.4. The molecule has 0 saturated heterocycles. The van der Waals surface area contributed by atoms with Crippen LogP contribution in [0, 0.1) is 24.1 Å². The van der Waals surface area contributed by atoms with Gasteiger partial charge in [-0.2, -0.15) is 5.26 Å². The van der Waals surface area contributed by atoms with E-state index in [-0.39, 0.29) is 21.6 Å². The van der Waals surface area contributed by atoms with Crippen LogP contribution in [0.25, 0.3) is 11.1 Å². The van der Waals surface area contributed by atoms with Gasteiger partial charge in [0.1, 0.15) is 16.2 Å². The molecule has 0 aliphatic rings. The smallest absolute Gasteiger partial charge is 0.268 e. The number of hydrogen-bond donors (Lipinski definition) is 1. The molecule has 8 nitrogen and oxygen atoms in total. The van der Waals surface area contributed by atoms with Gasteiger partial charge in [0.15, 0.2) is 5.58 Å². The lowest BCUT2D eigenvalue weighted by Crippen LogP contribution is -2.15. The molecule has 0 amide bonds. The van der Waals surface area contributed by atoms with Crippen molar-refractivity contribution in [2.24, 2.45) is 0 Å². The summed E-state index contributed by atoms with van der Waals surface area (Å²) >= 11 is 0. The van der Waals surface area contributed by atoms with E-state index in [1.165, 1.54) is 24.3 Å². The van der Waals surface area contributed by atoms with Crippen LogP contribution < -0.4 is 4.72 Å². The van der Waals surface area contributed by atoms with Crippen molar-refractivity contribution in [2.45, 2.75) is 16.7 Å². The van der Waals surface area contributed by atoms with Gasteiger partial charge in [0.25, 0.3) is 20.0 Å². The number of hydrogen-bond acceptors (Lipinski definition) is 6. The molecule has 0 bridgehead atoms. The Bertz CT molecular complexity index is 1560. The first kappa shape index (κ1) is 20.6. The van der Waals surface area contributed by atoms with Crippen LogP contribution in [0.1, 0.15) is 11.1 Å².